The molecule has 1 atom stereocenters. The Kier molecular flexibility index (Phi) is 4.96. The van der Waals surface area contributed by atoms with Crippen molar-refractivity contribution in [3.8, 4) is 0 Å². The standard InChI is InChI=1S/C18H24N2O3/c1-14-5-2-3-6-15(14)13-17(21)19-8-10-20(11-9-19)18(22)16-7-4-12-23-16/h2-3,5-6,16H,4,7-13H2,1H3/t16-/m1/s1. The van der Waals surface area contributed by atoms with E-state index >= 15 is 0 Å². The van der Waals surface area contributed by atoms with Gasteiger partial charge in [-0.3, -0.25) is 9.59 Å². The fourth-order valence-electron chi connectivity index (χ4n) is 3.24. The van der Waals surface area contributed by atoms with Gasteiger partial charge in [-0.1, -0.05) is 24.3 Å². The summed E-state index contributed by atoms with van der Waals surface area (Å²) in [6.07, 6.45) is 1.97. The van der Waals surface area contributed by atoms with Crippen LogP contribution in [0.25, 0.3) is 0 Å². The summed E-state index contributed by atoms with van der Waals surface area (Å²) in [5, 5.41) is 0. The Morgan fingerprint density at radius 3 is 2.48 bits per heavy atom. The molecule has 0 N–H and O–H groups in total. The normalized spacial score (nSPS) is 21.5. The monoisotopic (exact) mass is 316 g/mol. The topological polar surface area (TPSA) is 49.9 Å². The predicted octanol–water partition coefficient (Wildman–Crippen LogP) is 1.39. The minimum Gasteiger partial charge on any atom is -0.368 e. The molecule has 124 valence electrons. The van der Waals surface area contributed by atoms with Gasteiger partial charge in [0.1, 0.15) is 6.10 Å². The molecule has 0 aromatic heterocycles. The van der Waals surface area contributed by atoms with Gasteiger partial charge >= 0.3 is 0 Å². The van der Waals surface area contributed by atoms with Crippen molar-refractivity contribution < 1.29 is 14.3 Å². The molecule has 23 heavy (non-hydrogen) atoms. The number of rotatable bonds is 3. The van der Waals surface area contributed by atoms with Crippen molar-refractivity contribution in [1.82, 2.24) is 9.80 Å². The van der Waals surface area contributed by atoms with Crippen LogP contribution in [0.4, 0.5) is 0 Å². The second kappa shape index (κ2) is 7.13. The van der Waals surface area contributed by atoms with Gasteiger partial charge in [-0.2, -0.15) is 0 Å². The summed E-state index contributed by atoms with van der Waals surface area (Å²) in [4.78, 5) is 28.5. The Morgan fingerprint density at radius 1 is 1.13 bits per heavy atom. The second-order valence-corrected chi connectivity index (χ2v) is 6.31. The Balaban J connectivity index is 1.51. The molecule has 0 saturated carbocycles. The van der Waals surface area contributed by atoms with Crippen molar-refractivity contribution in [2.75, 3.05) is 32.8 Å². The SMILES string of the molecule is Cc1ccccc1CC(=O)N1CCN(C(=O)[C@H]2CCCO2)CC1. The first kappa shape index (κ1) is 16.0. The van der Waals surface area contributed by atoms with Gasteiger partial charge in [0, 0.05) is 32.8 Å². The van der Waals surface area contributed by atoms with Gasteiger partial charge < -0.3 is 14.5 Å². The van der Waals surface area contributed by atoms with E-state index < -0.39 is 0 Å². The van der Waals surface area contributed by atoms with Gasteiger partial charge in [0.05, 0.1) is 6.42 Å². The fourth-order valence-corrected chi connectivity index (χ4v) is 3.24. The molecule has 0 bridgehead atoms. The van der Waals surface area contributed by atoms with Crippen molar-refractivity contribution >= 4 is 11.8 Å². The summed E-state index contributed by atoms with van der Waals surface area (Å²) in [7, 11) is 0. The maximum absolute atomic E-state index is 12.5. The number of hydrogen-bond donors (Lipinski definition) is 0. The van der Waals surface area contributed by atoms with E-state index in [1.165, 1.54) is 0 Å². The summed E-state index contributed by atoms with van der Waals surface area (Å²) in [5.41, 5.74) is 2.23. The number of benzene rings is 1. The van der Waals surface area contributed by atoms with Crippen LogP contribution >= 0.6 is 0 Å². The molecule has 2 aliphatic heterocycles. The molecule has 1 aromatic carbocycles. The number of aryl methyl sites for hydroxylation is 1. The third-order valence-corrected chi connectivity index (χ3v) is 4.75. The Hall–Kier alpha value is -1.88. The van der Waals surface area contributed by atoms with Crippen LogP contribution in [0.5, 0.6) is 0 Å². The average Bonchev–Trinajstić information content (AvgIpc) is 3.11. The first-order chi connectivity index (χ1) is 11.1. The maximum atomic E-state index is 12.5. The molecule has 2 heterocycles. The molecule has 2 saturated heterocycles. The van der Waals surface area contributed by atoms with Gasteiger partial charge in [-0.25, -0.2) is 0 Å². The molecule has 0 unspecified atom stereocenters. The van der Waals surface area contributed by atoms with Crippen LogP contribution in [-0.2, 0) is 20.7 Å². The number of piperazine rings is 1. The third kappa shape index (κ3) is 3.72. The van der Waals surface area contributed by atoms with Crippen LogP contribution in [-0.4, -0.2) is 60.5 Å². The molecule has 0 aliphatic carbocycles. The van der Waals surface area contributed by atoms with E-state index in [9.17, 15) is 9.59 Å². The number of carbonyl (C=O) groups is 2. The molecular weight excluding hydrogens is 292 g/mol. The lowest BCUT2D eigenvalue weighted by atomic mass is 10.1. The Morgan fingerprint density at radius 2 is 1.83 bits per heavy atom. The van der Waals surface area contributed by atoms with Crippen LogP contribution in [0.3, 0.4) is 0 Å². The molecule has 0 radical (unpaired) electrons. The lowest BCUT2D eigenvalue weighted by molar-refractivity contribution is -0.145. The highest BCUT2D eigenvalue weighted by Gasteiger charge is 2.31. The highest BCUT2D eigenvalue weighted by atomic mass is 16.5. The van der Waals surface area contributed by atoms with Gasteiger partial charge in [0.25, 0.3) is 5.91 Å². The van der Waals surface area contributed by atoms with Gasteiger partial charge in [0.2, 0.25) is 5.91 Å². The van der Waals surface area contributed by atoms with E-state index in [1.807, 2.05) is 41.0 Å². The zero-order chi connectivity index (χ0) is 16.2. The molecule has 2 amide bonds. The summed E-state index contributed by atoms with van der Waals surface area (Å²) < 4.78 is 5.46. The van der Waals surface area contributed by atoms with Crippen LogP contribution in [0.1, 0.15) is 24.0 Å². The molecular formula is C18H24N2O3. The Bertz CT molecular complexity index is 573. The summed E-state index contributed by atoms with van der Waals surface area (Å²) >= 11 is 0. The molecule has 5 nitrogen and oxygen atoms in total. The minimum absolute atomic E-state index is 0.0912. The van der Waals surface area contributed by atoms with Crippen molar-refractivity contribution in [3.63, 3.8) is 0 Å². The molecule has 2 aliphatic rings. The largest absolute Gasteiger partial charge is 0.368 e. The van der Waals surface area contributed by atoms with Crippen LogP contribution in [0.2, 0.25) is 0 Å². The quantitative estimate of drug-likeness (QED) is 0.847. The molecule has 5 heteroatoms. The lowest BCUT2D eigenvalue weighted by Crippen LogP contribution is -2.53. The zero-order valence-electron chi connectivity index (χ0n) is 13.7. The van der Waals surface area contributed by atoms with E-state index in [4.69, 9.17) is 4.74 Å². The predicted molar refractivity (Wildman–Crippen MR) is 87.0 cm³/mol. The number of hydrogen-bond acceptors (Lipinski definition) is 3. The minimum atomic E-state index is -0.260. The van der Waals surface area contributed by atoms with Crippen LogP contribution < -0.4 is 0 Å². The Labute approximate surface area is 137 Å². The first-order valence-corrected chi connectivity index (χ1v) is 8.38. The van der Waals surface area contributed by atoms with E-state index in [-0.39, 0.29) is 17.9 Å². The van der Waals surface area contributed by atoms with Crippen molar-refractivity contribution in [2.45, 2.75) is 32.3 Å². The number of nitrogens with zero attached hydrogens (tertiary/aromatic N) is 2. The number of ether oxygens (including phenoxy) is 1. The molecule has 0 spiro atoms. The summed E-state index contributed by atoms with van der Waals surface area (Å²) in [5.74, 6) is 0.233. The fraction of sp³-hybridized carbons (Fsp3) is 0.556. The lowest BCUT2D eigenvalue weighted by Gasteiger charge is -2.35. The van der Waals surface area contributed by atoms with Gasteiger partial charge in [0.15, 0.2) is 0 Å². The van der Waals surface area contributed by atoms with E-state index in [0.717, 1.165) is 24.0 Å². The van der Waals surface area contributed by atoms with Crippen molar-refractivity contribution in [1.29, 1.82) is 0 Å². The number of amides is 2. The highest BCUT2D eigenvalue weighted by molar-refractivity contribution is 5.82. The van der Waals surface area contributed by atoms with Crippen LogP contribution in [0.15, 0.2) is 24.3 Å². The zero-order valence-corrected chi connectivity index (χ0v) is 13.7. The first-order valence-electron chi connectivity index (χ1n) is 8.38. The van der Waals surface area contributed by atoms with Crippen LogP contribution in [0, 0.1) is 6.92 Å². The molecule has 2 fully saturated rings. The smallest absolute Gasteiger partial charge is 0.251 e. The molecule has 1 aromatic rings. The summed E-state index contributed by atoms with van der Waals surface area (Å²) in [6.45, 7) is 5.16. The van der Waals surface area contributed by atoms with Crippen molar-refractivity contribution in [2.24, 2.45) is 0 Å². The van der Waals surface area contributed by atoms with Gasteiger partial charge in [-0.15, -0.1) is 0 Å². The second-order valence-electron chi connectivity index (χ2n) is 6.31. The average molecular weight is 316 g/mol. The summed E-state index contributed by atoms with van der Waals surface area (Å²) in [6, 6.07) is 7.98. The third-order valence-electron chi connectivity index (χ3n) is 4.75. The van der Waals surface area contributed by atoms with E-state index in [2.05, 4.69) is 0 Å². The molecule has 3 rings (SSSR count). The number of carbonyl (C=O) groups excluding carboxylic acids is 2. The highest BCUT2D eigenvalue weighted by Crippen LogP contribution is 2.16. The van der Waals surface area contributed by atoms with Gasteiger partial charge in [-0.05, 0) is 30.9 Å². The van der Waals surface area contributed by atoms with E-state index in [1.54, 1.807) is 0 Å². The van der Waals surface area contributed by atoms with E-state index in [0.29, 0.717) is 39.2 Å². The maximum Gasteiger partial charge on any atom is 0.251 e. The van der Waals surface area contributed by atoms with Crippen molar-refractivity contribution in [3.05, 3.63) is 35.4 Å².